The average molecular weight is 180 g/mol. The van der Waals surface area contributed by atoms with Gasteiger partial charge in [0.25, 0.3) is 0 Å². The fourth-order valence-corrected chi connectivity index (χ4v) is 1.15. The van der Waals surface area contributed by atoms with E-state index in [2.05, 4.69) is 0 Å². The highest BCUT2D eigenvalue weighted by Gasteiger charge is 2.22. The first-order chi connectivity index (χ1) is 6.13. The monoisotopic (exact) mass is 180 g/mol. The topological polar surface area (TPSA) is 57.5 Å². The molecule has 1 rings (SSSR count). The molecule has 0 heterocycles. The largest absolute Gasteiger partial charge is 0.479 e. The van der Waals surface area contributed by atoms with Gasteiger partial charge in [0.1, 0.15) is 0 Å². The zero-order valence-corrected chi connectivity index (χ0v) is 7.34. The van der Waals surface area contributed by atoms with Gasteiger partial charge in [-0.3, -0.25) is 0 Å². The Balaban J connectivity index is 2.79. The van der Waals surface area contributed by atoms with Crippen molar-refractivity contribution in [2.24, 2.45) is 0 Å². The highest BCUT2D eigenvalue weighted by atomic mass is 16.4. The van der Waals surface area contributed by atoms with Gasteiger partial charge in [-0.05, 0) is 5.56 Å². The number of carboxylic acid groups (broad SMARTS) is 1. The predicted molar refractivity (Wildman–Crippen MR) is 48.5 cm³/mol. The molecule has 3 nitrogen and oxygen atoms in total. The number of aliphatic carboxylic acids is 1. The van der Waals surface area contributed by atoms with Crippen LogP contribution in [0.4, 0.5) is 0 Å². The Morgan fingerprint density at radius 3 is 2.31 bits per heavy atom. The van der Waals surface area contributed by atoms with Crippen molar-refractivity contribution in [2.75, 3.05) is 0 Å². The molecule has 13 heavy (non-hydrogen) atoms. The number of hydrogen-bond donors (Lipinski definition) is 2. The van der Waals surface area contributed by atoms with E-state index in [0.717, 1.165) is 5.56 Å². The van der Waals surface area contributed by atoms with Crippen LogP contribution >= 0.6 is 0 Å². The van der Waals surface area contributed by atoms with E-state index in [0.29, 0.717) is 0 Å². The van der Waals surface area contributed by atoms with Gasteiger partial charge in [-0.1, -0.05) is 37.3 Å². The first-order valence-electron chi connectivity index (χ1n) is 4.08. The fourth-order valence-electron chi connectivity index (χ4n) is 1.15. The van der Waals surface area contributed by atoms with E-state index in [1.54, 1.807) is 19.1 Å². The van der Waals surface area contributed by atoms with Crippen LogP contribution in [0.15, 0.2) is 30.3 Å². The van der Waals surface area contributed by atoms with Gasteiger partial charge in [0.05, 0.1) is 0 Å². The fraction of sp³-hybridized carbons (Fsp3) is 0.300. The van der Waals surface area contributed by atoms with E-state index in [1.807, 2.05) is 18.2 Å². The summed E-state index contributed by atoms with van der Waals surface area (Å²) in [4.78, 5) is 10.5. The molecule has 70 valence electrons. The molecule has 0 aliphatic rings. The van der Waals surface area contributed by atoms with Crippen molar-refractivity contribution in [3.63, 3.8) is 0 Å². The standard InChI is InChI=1S/C10H12O3/c1-7(9(11)10(12)13)8-5-3-2-4-6-8/h2-7,9,11H,1H3,(H,12,13)/t7-,9-/m1/s1. The quantitative estimate of drug-likeness (QED) is 0.735. The molecule has 0 aliphatic heterocycles. The van der Waals surface area contributed by atoms with Crippen molar-refractivity contribution in [1.29, 1.82) is 0 Å². The molecule has 0 aromatic heterocycles. The van der Waals surface area contributed by atoms with Gasteiger partial charge in [-0.25, -0.2) is 4.79 Å². The third-order valence-electron chi connectivity index (χ3n) is 2.05. The zero-order valence-electron chi connectivity index (χ0n) is 7.34. The number of aliphatic hydroxyl groups is 1. The van der Waals surface area contributed by atoms with Crippen molar-refractivity contribution in [3.8, 4) is 0 Å². The maximum atomic E-state index is 10.5. The first kappa shape index (κ1) is 9.74. The SMILES string of the molecule is C[C@H](c1ccccc1)[C@@H](O)C(=O)O. The molecule has 1 aromatic rings. The average Bonchev–Trinajstić information content (AvgIpc) is 2.17. The van der Waals surface area contributed by atoms with Gasteiger partial charge in [0.15, 0.2) is 6.10 Å². The molecular formula is C10H12O3. The van der Waals surface area contributed by atoms with E-state index < -0.39 is 12.1 Å². The Hall–Kier alpha value is -1.35. The number of hydrogen-bond acceptors (Lipinski definition) is 2. The second kappa shape index (κ2) is 4.05. The lowest BCUT2D eigenvalue weighted by Crippen LogP contribution is -2.25. The van der Waals surface area contributed by atoms with Crippen LogP contribution in [0.1, 0.15) is 18.4 Å². The number of benzene rings is 1. The van der Waals surface area contributed by atoms with Crippen molar-refractivity contribution in [1.82, 2.24) is 0 Å². The van der Waals surface area contributed by atoms with Gasteiger partial charge in [-0.15, -0.1) is 0 Å². The minimum Gasteiger partial charge on any atom is -0.479 e. The third-order valence-corrected chi connectivity index (χ3v) is 2.05. The van der Waals surface area contributed by atoms with Crippen molar-refractivity contribution in [3.05, 3.63) is 35.9 Å². The summed E-state index contributed by atoms with van der Waals surface area (Å²) in [6, 6.07) is 9.10. The molecule has 0 saturated heterocycles. The summed E-state index contributed by atoms with van der Waals surface area (Å²) in [6.07, 6.45) is -1.33. The zero-order chi connectivity index (χ0) is 9.84. The van der Waals surface area contributed by atoms with Crippen LogP contribution in [-0.2, 0) is 4.79 Å². The summed E-state index contributed by atoms with van der Waals surface area (Å²) in [6.45, 7) is 1.69. The summed E-state index contributed by atoms with van der Waals surface area (Å²) in [5, 5.41) is 17.8. The Morgan fingerprint density at radius 2 is 1.85 bits per heavy atom. The number of aliphatic hydroxyl groups excluding tert-OH is 1. The van der Waals surface area contributed by atoms with E-state index in [9.17, 15) is 9.90 Å². The molecule has 0 saturated carbocycles. The molecule has 0 bridgehead atoms. The Bertz CT molecular complexity index is 281. The summed E-state index contributed by atoms with van der Waals surface area (Å²) in [7, 11) is 0. The van der Waals surface area contributed by atoms with Gasteiger partial charge in [0, 0.05) is 5.92 Å². The van der Waals surface area contributed by atoms with Gasteiger partial charge < -0.3 is 10.2 Å². The third kappa shape index (κ3) is 2.29. The maximum absolute atomic E-state index is 10.5. The Labute approximate surface area is 76.6 Å². The Kier molecular flexibility index (Phi) is 3.03. The second-order valence-electron chi connectivity index (χ2n) is 2.98. The van der Waals surface area contributed by atoms with Gasteiger partial charge in [-0.2, -0.15) is 0 Å². The lowest BCUT2D eigenvalue weighted by Gasteiger charge is -2.14. The van der Waals surface area contributed by atoms with Crippen molar-refractivity contribution < 1.29 is 15.0 Å². The maximum Gasteiger partial charge on any atom is 0.333 e. The van der Waals surface area contributed by atoms with E-state index >= 15 is 0 Å². The van der Waals surface area contributed by atoms with E-state index in [4.69, 9.17) is 5.11 Å². The molecule has 3 heteroatoms. The molecule has 0 spiro atoms. The molecular weight excluding hydrogens is 168 g/mol. The van der Waals surface area contributed by atoms with E-state index in [1.165, 1.54) is 0 Å². The predicted octanol–water partition coefficient (Wildman–Crippen LogP) is 1.24. The summed E-state index contributed by atoms with van der Waals surface area (Å²) in [5.41, 5.74) is 0.831. The number of carboxylic acids is 1. The van der Waals surface area contributed by atoms with Crippen LogP contribution in [0.3, 0.4) is 0 Å². The molecule has 2 atom stereocenters. The minimum absolute atomic E-state index is 0.376. The molecule has 2 N–H and O–H groups in total. The summed E-state index contributed by atoms with van der Waals surface area (Å²) < 4.78 is 0. The molecule has 0 radical (unpaired) electrons. The van der Waals surface area contributed by atoms with E-state index in [-0.39, 0.29) is 5.92 Å². The molecule has 0 unspecified atom stereocenters. The van der Waals surface area contributed by atoms with Gasteiger partial charge >= 0.3 is 5.97 Å². The lowest BCUT2D eigenvalue weighted by atomic mass is 9.96. The second-order valence-corrected chi connectivity index (χ2v) is 2.98. The Morgan fingerprint density at radius 1 is 1.31 bits per heavy atom. The van der Waals surface area contributed by atoms with Crippen molar-refractivity contribution in [2.45, 2.75) is 18.9 Å². The van der Waals surface area contributed by atoms with Crippen LogP contribution in [0.2, 0.25) is 0 Å². The van der Waals surface area contributed by atoms with Crippen LogP contribution in [0.5, 0.6) is 0 Å². The number of carbonyl (C=O) groups is 1. The highest BCUT2D eigenvalue weighted by molar-refractivity contribution is 5.73. The van der Waals surface area contributed by atoms with Crippen LogP contribution in [0.25, 0.3) is 0 Å². The molecule has 0 amide bonds. The lowest BCUT2D eigenvalue weighted by molar-refractivity contribution is -0.147. The smallest absolute Gasteiger partial charge is 0.333 e. The van der Waals surface area contributed by atoms with Crippen LogP contribution < -0.4 is 0 Å². The summed E-state index contributed by atoms with van der Waals surface area (Å²) >= 11 is 0. The van der Waals surface area contributed by atoms with Crippen LogP contribution in [0, 0.1) is 0 Å². The highest BCUT2D eigenvalue weighted by Crippen LogP contribution is 2.18. The number of rotatable bonds is 3. The normalized spacial score (nSPS) is 14.9. The molecule has 1 aromatic carbocycles. The minimum atomic E-state index is -1.33. The molecule has 0 aliphatic carbocycles. The first-order valence-corrected chi connectivity index (χ1v) is 4.08. The molecule has 0 fully saturated rings. The summed E-state index contributed by atoms with van der Waals surface area (Å²) in [5.74, 6) is -1.56. The van der Waals surface area contributed by atoms with Crippen molar-refractivity contribution >= 4 is 5.97 Å². The van der Waals surface area contributed by atoms with Crippen LogP contribution in [-0.4, -0.2) is 22.3 Å². The van der Waals surface area contributed by atoms with Gasteiger partial charge in [0.2, 0.25) is 0 Å².